The number of nitrogens with zero attached hydrogens (tertiary/aromatic N) is 1. The maximum atomic E-state index is 12.2. The molecule has 4 nitrogen and oxygen atoms in total. The van der Waals surface area contributed by atoms with Gasteiger partial charge in [-0.15, -0.1) is 6.42 Å². The van der Waals surface area contributed by atoms with Gasteiger partial charge in [0, 0.05) is 23.6 Å². The van der Waals surface area contributed by atoms with Crippen LogP contribution in [-0.4, -0.2) is 41.5 Å². The molecule has 2 rings (SSSR count). The number of rotatable bonds is 7. The second kappa shape index (κ2) is 7.67. The first-order chi connectivity index (χ1) is 10.7. The lowest BCUT2D eigenvalue weighted by atomic mass is 10.1. The molecule has 0 radical (unpaired) electrons. The van der Waals surface area contributed by atoms with Crippen molar-refractivity contribution in [2.45, 2.75) is 26.3 Å². The van der Waals surface area contributed by atoms with Crippen molar-refractivity contribution in [1.29, 1.82) is 0 Å². The van der Waals surface area contributed by atoms with E-state index < -0.39 is 0 Å². The summed E-state index contributed by atoms with van der Waals surface area (Å²) in [4.78, 5) is 17.4. The zero-order valence-electron chi connectivity index (χ0n) is 13.2. The first-order valence-corrected chi connectivity index (χ1v) is 7.67. The smallest absolute Gasteiger partial charge is 0.237 e. The van der Waals surface area contributed by atoms with Gasteiger partial charge in [-0.2, -0.15) is 0 Å². The minimum atomic E-state index is -0.205. The van der Waals surface area contributed by atoms with Gasteiger partial charge in [-0.3, -0.25) is 9.69 Å². The van der Waals surface area contributed by atoms with Gasteiger partial charge in [0.25, 0.3) is 0 Å². The van der Waals surface area contributed by atoms with E-state index in [1.165, 1.54) is 10.9 Å². The van der Waals surface area contributed by atoms with Crippen molar-refractivity contribution in [3.05, 3.63) is 36.0 Å². The fraction of sp³-hybridized carbons (Fsp3) is 0.389. The average molecular weight is 297 g/mol. The Morgan fingerprint density at radius 3 is 2.95 bits per heavy atom. The van der Waals surface area contributed by atoms with Crippen LogP contribution < -0.4 is 5.32 Å². The van der Waals surface area contributed by atoms with Gasteiger partial charge in [0.15, 0.2) is 0 Å². The van der Waals surface area contributed by atoms with Crippen LogP contribution in [0.1, 0.15) is 19.4 Å². The molecule has 1 aromatic carbocycles. The highest BCUT2D eigenvalue weighted by Crippen LogP contribution is 2.17. The van der Waals surface area contributed by atoms with Crippen molar-refractivity contribution in [1.82, 2.24) is 15.2 Å². The van der Waals surface area contributed by atoms with Crippen molar-refractivity contribution in [2.24, 2.45) is 0 Å². The zero-order chi connectivity index (χ0) is 15.9. The van der Waals surface area contributed by atoms with Gasteiger partial charge in [-0.25, -0.2) is 0 Å². The van der Waals surface area contributed by atoms with E-state index >= 15 is 0 Å². The number of aromatic amines is 1. The summed E-state index contributed by atoms with van der Waals surface area (Å²) >= 11 is 0. The molecule has 1 amide bonds. The van der Waals surface area contributed by atoms with E-state index in [4.69, 9.17) is 6.42 Å². The van der Waals surface area contributed by atoms with Gasteiger partial charge in [-0.05, 0) is 31.5 Å². The summed E-state index contributed by atoms with van der Waals surface area (Å²) in [6, 6.07) is 7.98. The van der Waals surface area contributed by atoms with Gasteiger partial charge >= 0.3 is 0 Å². The maximum absolute atomic E-state index is 12.2. The third-order valence-corrected chi connectivity index (χ3v) is 4.00. The quantitative estimate of drug-likeness (QED) is 0.770. The van der Waals surface area contributed by atoms with Crippen LogP contribution in [0.15, 0.2) is 30.5 Å². The Hall–Kier alpha value is -2.25. The number of likely N-dealkylation sites (N-methyl/N-ethyl adjacent to an activating group) is 1. The summed E-state index contributed by atoms with van der Waals surface area (Å²) in [5.41, 5.74) is 2.35. The number of terminal acetylenes is 1. The second-order valence-electron chi connectivity index (χ2n) is 5.34. The highest BCUT2D eigenvalue weighted by atomic mass is 16.2. The molecule has 116 valence electrons. The van der Waals surface area contributed by atoms with Gasteiger partial charge in [0.1, 0.15) is 0 Å². The molecule has 2 aromatic rings. The van der Waals surface area contributed by atoms with Crippen molar-refractivity contribution in [3.8, 4) is 12.3 Å². The van der Waals surface area contributed by atoms with E-state index in [9.17, 15) is 4.79 Å². The van der Waals surface area contributed by atoms with Gasteiger partial charge in [-0.1, -0.05) is 31.0 Å². The fourth-order valence-electron chi connectivity index (χ4n) is 2.61. The van der Waals surface area contributed by atoms with Gasteiger partial charge in [0.05, 0.1) is 12.6 Å². The molecule has 0 aliphatic rings. The third kappa shape index (κ3) is 3.69. The molecule has 0 fully saturated rings. The Bertz CT molecular complexity index is 668. The summed E-state index contributed by atoms with van der Waals surface area (Å²) in [7, 11) is 0. The van der Waals surface area contributed by atoms with Crippen molar-refractivity contribution in [2.75, 3.05) is 19.6 Å². The number of amides is 1. The van der Waals surface area contributed by atoms with E-state index in [-0.39, 0.29) is 11.9 Å². The zero-order valence-corrected chi connectivity index (χ0v) is 13.2. The van der Waals surface area contributed by atoms with Gasteiger partial charge in [0.2, 0.25) is 5.91 Å². The summed E-state index contributed by atoms with van der Waals surface area (Å²) in [5, 5.41) is 4.21. The lowest BCUT2D eigenvalue weighted by Crippen LogP contribution is -2.45. The number of fused-ring (bicyclic) bond motifs is 1. The van der Waals surface area contributed by atoms with Crippen LogP contribution in [0.4, 0.5) is 0 Å². The highest BCUT2D eigenvalue weighted by molar-refractivity contribution is 5.83. The summed E-state index contributed by atoms with van der Waals surface area (Å²) in [6.07, 6.45) is 8.15. The summed E-state index contributed by atoms with van der Waals surface area (Å²) < 4.78 is 0. The monoisotopic (exact) mass is 297 g/mol. The molecule has 0 spiro atoms. The van der Waals surface area contributed by atoms with E-state index in [2.05, 4.69) is 28.4 Å². The Kier molecular flexibility index (Phi) is 5.62. The van der Waals surface area contributed by atoms with Crippen LogP contribution in [0.2, 0.25) is 0 Å². The number of carbonyl (C=O) groups excluding carboxylic acids is 1. The second-order valence-corrected chi connectivity index (χ2v) is 5.34. The normalized spacial score (nSPS) is 12.3. The molecular formula is C18H23N3O. The molecule has 1 unspecified atom stereocenters. The molecule has 4 heteroatoms. The molecule has 0 aliphatic heterocycles. The first-order valence-electron chi connectivity index (χ1n) is 7.67. The molecule has 0 bridgehead atoms. The number of hydrogen-bond acceptors (Lipinski definition) is 2. The SMILES string of the molecule is C#CCN(CC)C(C)C(=O)NCCc1c[nH]c2ccccc12. The lowest BCUT2D eigenvalue weighted by molar-refractivity contribution is -0.125. The Balaban J connectivity index is 1.88. The standard InChI is InChI=1S/C18H23N3O/c1-4-12-21(5-2)14(3)18(22)19-11-10-15-13-20-17-9-7-6-8-16(15)17/h1,6-9,13-14,20H,5,10-12H2,2-3H3,(H,19,22). The first kappa shape index (κ1) is 16.1. The average Bonchev–Trinajstić information content (AvgIpc) is 2.95. The maximum Gasteiger partial charge on any atom is 0.237 e. The molecule has 0 saturated heterocycles. The van der Waals surface area contributed by atoms with Crippen LogP contribution in [0.5, 0.6) is 0 Å². The number of H-pyrrole nitrogens is 1. The number of nitrogens with one attached hydrogen (secondary N) is 2. The predicted molar refractivity (Wildman–Crippen MR) is 90.6 cm³/mol. The van der Waals surface area contributed by atoms with E-state index in [0.717, 1.165) is 18.5 Å². The van der Waals surface area contributed by atoms with Crippen molar-refractivity contribution >= 4 is 16.8 Å². The summed E-state index contributed by atoms with van der Waals surface area (Å²) in [6.45, 7) is 5.78. The summed E-state index contributed by atoms with van der Waals surface area (Å²) in [5.74, 6) is 2.62. The number of hydrogen-bond donors (Lipinski definition) is 2. The Morgan fingerprint density at radius 1 is 1.45 bits per heavy atom. The predicted octanol–water partition coefficient (Wildman–Crippen LogP) is 2.17. The highest BCUT2D eigenvalue weighted by Gasteiger charge is 2.18. The van der Waals surface area contributed by atoms with Crippen LogP contribution >= 0.6 is 0 Å². The molecule has 1 atom stereocenters. The molecule has 1 aromatic heterocycles. The van der Waals surface area contributed by atoms with E-state index in [1.807, 2.05) is 37.1 Å². The minimum absolute atomic E-state index is 0.0249. The van der Waals surface area contributed by atoms with Gasteiger partial charge < -0.3 is 10.3 Å². The lowest BCUT2D eigenvalue weighted by Gasteiger charge is -2.24. The van der Waals surface area contributed by atoms with Crippen LogP contribution in [0, 0.1) is 12.3 Å². The van der Waals surface area contributed by atoms with Crippen molar-refractivity contribution < 1.29 is 4.79 Å². The topological polar surface area (TPSA) is 48.1 Å². The Morgan fingerprint density at radius 2 is 2.23 bits per heavy atom. The molecular weight excluding hydrogens is 274 g/mol. The molecule has 0 aliphatic carbocycles. The van der Waals surface area contributed by atoms with Crippen LogP contribution in [-0.2, 0) is 11.2 Å². The number of aromatic nitrogens is 1. The molecule has 2 N–H and O–H groups in total. The molecule has 22 heavy (non-hydrogen) atoms. The largest absolute Gasteiger partial charge is 0.361 e. The number of benzene rings is 1. The van der Waals surface area contributed by atoms with Crippen LogP contribution in [0.3, 0.4) is 0 Å². The Labute approximate surface area is 131 Å². The molecule has 0 saturated carbocycles. The van der Waals surface area contributed by atoms with E-state index in [0.29, 0.717) is 13.1 Å². The third-order valence-electron chi connectivity index (χ3n) is 4.00. The van der Waals surface area contributed by atoms with Crippen LogP contribution in [0.25, 0.3) is 10.9 Å². The van der Waals surface area contributed by atoms with E-state index in [1.54, 1.807) is 0 Å². The fourth-order valence-corrected chi connectivity index (χ4v) is 2.61. The molecule has 1 heterocycles. The number of carbonyl (C=O) groups is 1. The minimum Gasteiger partial charge on any atom is -0.361 e. The van der Waals surface area contributed by atoms with Crippen molar-refractivity contribution in [3.63, 3.8) is 0 Å². The number of para-hydroxylation sites is 1.